The van der Waals surface area contributed by atoms with Crippen LogP contribution in [-0.2, 0) is 27.3 Å². The van der Waals surface area contributed by atoms with Crippen LogP contribution in [0.3, 0.4) is 0 Å². The molecule has 2 aliphatic rings. The molecule has 1 aromatic carbocycles. The van der Waals surface area contributed by atoms with Crippen LogP contribution < -0.4 is 9.47 Å². The molecule has 148 valence electrons. The zero-order chi connectivity index (χ0) is 19.4. The third-order valence-electron chi connectivity index (χ3n) is 5.50. The molecular formula is C20H28N2O5. The molecule has 1 fully saturated rings. The third kappa shape index (κ3) is 4.18. The maximum absolute atomic E-state index is 12.9. The van der Waals surface area contributed by atoms with Crippen LogP contribution in [0.5, 0.6) is 11.5 Å². The molecule has 7 heteroatoms. The first-order valence-corrected chi connectivity index (χ1v) is 9.40. The van der Waals surface area contributed by atoms with E-state index in [0.717, 1.165) is 37.8 Å². The van der Waals surface area contributed by atoms with Gasteiger partial charge in [-0.2, -0.15) is 0 Å². The van der Waals surface area contributed by atoms with Crippen molar-refractivity contribution in [3.05, 3.63) is 23.3 Å². The highest BCUT2D eigenvalue weighted by atomic mass is 16.5. The molecule has 3 rings (SSSR count). The average molecular weight is 376 g/mol. The summed E-state index contributed by atoms with van der Waals surface area (Å²) in [5, 5.41) is 0. The number of amides is 1. The minimum atomic E-state index is -0.311. The van der Waals surface area contributed by atoms with Gasteiger partial charge in [0.05, 0.1) is 27.9 Å². The summed E-state index contributed by atoms with van der Waals surface area (Å²) in [5.74, 6) is 1.19. The van der Waals surface area contributed by atoms with E-state index in [1.54, 1.807) is 14.2 Å². The number of carbonyl (C=O) groups is 2. The first-order valence-electron chi connectivity index (χ1n) is 9.40. The summed E-state index contributed by atoms with van der Waals surface area (Å²) in [6, 6.07) is 3.63. The van der Waals surface area contributed by atoms with Gasteiger partial charge in [0.15, 0.2) is 11.5 Å². The van der Waals surface area contributed by atoms with Crippen molar-refractivity contribution in [1.82, 2.24) is 9.80 Å². The SMILES string of the molecule is COC(=O)C1CCCCN1CC(=O)N1CCc2cc(OC)c(OC)cc2C1. The second kappa shape index (κ2) is 8.61. The molecule has 27 heavy (non-hydrogen) atoms. The molecule has 1 aromatic rings. The first kappa shape index (κ1) is 19.5. The molecule has 0 bridgehead atoms. The minimum absolute atomic E-state index is 0.0474. The van der Waals surface area contributed by atoms with E-state index in [1.165, 1.54) is 12.7 Å². The van der Waals surface area contributed by atoms with Crippen LogP contribution in [0.4, 0.5) is 0 Å². The predicted molar refractivity (Wildman–Crippen MR) is 99.9 cm³/mol. The molecule has 0 aliphatic carbocycles. The maximum Gasteiger partial charge on any atom is 0.323 e. The molecule has 0 N–H and O–H groups in total. The van der Waals surface area contributed by atoms with Crippen LogP contribution in [0.15, 0.2) is 12.1 Å². The molecule has 7 nitrogen and oxygen atoms in total. The Hall–Kier alpha value is -2.28. The molecule has 0 saturated carbocycles. The van der Waals surface area contributed by atoms with Crippen LogP contribution in [-0.4, -0.2) is 68.7 Å². The van der Waals surface area contributed by atoms with Gasteiger partial charge in [0, 0.05) is 13.1 Å². The van der Waals surface area contributed by atoms with Gasteiger partial charge in [-0.15, -0.1) is 0 Å². The van der Waals surface area contributed by atoms with Crippen LogP contribution in [0.2, 0.25) is 0 Å². The summed E-state index contributed by atoms with van der Waals surface area (Å²) in [4.78, 5) is 28.7. The largest absolute Gasteiger partial charge is 0.493 e. The number of nitrogens with zero attached hydrogens (tertiary/aromatic N) is 2. The predicted octanol–water partition coefficient (Wildman–Crippen LogP) is 1.62. The monoisotopic (exact) mass is 376 g/mol. The molecule has 2 aliphatic heterocycles. The second-order valence-corrected chi connectivity index (χ2v) is 7.05. The number of hydrogen-bond donors (Lipinski definition) is 0. The van der Waals surface area contributed by atoms with Crippen molar-refractivity contribution >= 4 is 11.9 Å². The summed E-state index contributed by atoms with van der Waals surface area (Å²) < 4.78 is 15.7. The highest BCUT2D eigenvalue weighted by molar-refractivity contribution is 5.81. The quantitative estimate of drug-likeness (QED) is 0.728. The van der Waals surface area contributed by atoms with E-state index < -0.39 is 0 Å². The summed E-state index contributed by atoms with van der Waals surface area (Å²) in [5.41, 5.74) is 2.26. The molecule has 1 saturated heterocycles. The number of fused-ring (bicyclic) bond motifs is 1. The molecule has 2 heterocycles. The van der Waals surface area contributed by atoms with Gasteiger partial charge in [-0.25, -0.2) is 0 Å². The molecule has 1 atom stereocenters. The number of likely N-dealkylation sites (tertiary alicyclic amines) is 1. The normalized spacial score (nSPS) is 20.0. The van der Waals surface area contributed by atoms with Gasteiger partial charge in [0.25, 0.3) is 0 Å². The first-order chi connectivity index (χ1) is 13.1. The highest BCUT2D eigenvalue weighted by Gasteiger charge is 2.32. The Morgan fingerprint density at radius 2 is 1.74 bits per heavy atom. The lowest BCUT2D eigenvalue weighted by Crippen LogP contribution is -2.50. The van der Waals surface area contributed by atoms with Gasteiger partial charge in [0.1, 0.15) is 6.04 Å². The van der Waals surface area contributed by atoms with Gasteiger partial charge in [-0.1, -0.05) is 6.42 Å². The fourth-order valence-electron chi connectivity index (χ4n) is 3.95. The Bertz CT molecular complexity index is 706. The average Bonchev–Trinajstić information content (AvgIpc) is 2.71. The van der Waals surface area contributed by atoms with Crippen molar-refractivity contribution in [3.8, 4) is 11.5 Å². The number of hydrogen-bond acceptors (Lipinski definition) is 6. The van der Waals surface area contributed by atoms with Crippen LogP contribution in [0.25, 0.3) is 0 Å². The smallest absolute Gasteiger partial charge is 0.323 e. The lowest BCUT2D eigenvalue weighted by molar-refractivity contribution is -0.149. The lowest BCUT2D eigenvalue weighted by Gasteiger charge is -2.36. The lowest BCUT2D eigenvalue weighted by atomic mass is 9.98. The zero-order valence-electron chi connectivity index (χ0n) is 16.3. The second-order valence-electron chi connectivity index (χ2n) is 7.05. The summed E-state index contributed by atoms with van der Waals surface area (Å²) in [6.07, 6.45) is 3.52. The summed E-state index contributed by atoms with van der Waals surface area (Å²) >= 11 is 0. The van der Waals surface area contributed by atoms with Crippen LogP contribution in [0, 0.1) is 0 Å². The van der Waals surface area contributed by atoms with Gasteiger partial charge in [-0.05, 0) is 49.1 Å². The number of methoxy groups -OCH3 is 3. The fraction of sp³-hybridized carbons (Fsp3) is 0.600. The van der Waals surface area contributed by atoms with E-state index in [1.807, 2.05) is 21.9 Å². The summed E-state index contributed by atoms with van der Waals surface area (Å²) in [6.45, 7) is 2.21. The van der Waals surface area contributed by atoms with Gasteiger partial charge < -0.3 is 19.1 Å². The zero-order valence-corrected chi connectivity index (χ0v) is 16.3. The fourth-order valence-corrected chi connectivity index (χ4v) is 3.95. The molecule has 0 radical (unpaired) electrons. The van der Waals surface area contributed by atoms with Gasteiger partial charge in [0.2, 0.25) is 5.91 Å². The number of carbonyl (C=O) groups excluding carboxylic acids is 2. The van der Waals surface area contributed by atoms with Crippen molar-refractivity contribution in [2.45, 2.75) is 38.3 Å². The molecule has 0 spiro atoms. The van der Waals surface area contributed by atoms with E-state index >= 15 is 0 Å². The number of esters is 1. The molecule has 0 aromatic heterocycles. The van der Waals surface area contributed by atoms with Crippen molar-refractivity contribution in [3.63, 3.8) is 0 Å². The molecule has 1 unspecified atom stereocenters. The molecular weight excluding hydrogens is 348 g/mol. The van der Waals surface area contributed by atoms with Crippen LogP contribution >= 0.6 is 0 Å². The van der Waals surface area contributed by atoms with Crippen molar-refractivity contribution in [2.75, 3.05) is 41.0 Å². The highest BCUT2D eigenvalue weighted by Crippen LogP contribution is 2.33. The summed E-state index contributed by atoms with van der Waals surface area (Å²) in [7, 11) is 4.64. The number of ether oxygens (including phenoxy) is 3. The Labute approximate surface area is 160 Å². The Kier molecular flexibility index (Phi) is 6.21. The minimum Gasteiger partial charge on any atom is -0.493 e. The number of benzene rings is 1. The van der Waals surface area contributed by atoms with Gasteiger partial charge >= 0.3 is 5.97 Å². The number of piperidine rings is 1. The Morgan fingerprint density at radius 1 is 1.04 bits per heavy atom. The van der Waals surface area contributed by atoms with Crippen molar-refractivity contribution in [1.29, 1.82) is 0 Å². The van der Waals surface area contributed by atoms with E-state index in [9.17, 15) is 9.59 Å². The van der Waals surface area contributed by atoms with Crippen molar-refractivity contribution < 1.29 is 23.8 Å². The Balaban J connectivity index is 1.69. The topological polar surface area (TPSA) is 68.3 Å². The van der Waals surface area contributed by atoms with E-state index in [-0.39, 0.29) is 24.5 Å². The van der Waals surface area contributed by atoms with Crippen LogP contribution in [0.1, 0.15) is 30.4 Å². The number of rotatable bonds is 5. The maximum atomic E-state index is 12.9. The van der Waals surface area contributed by atoms with E-state index in [0.29, 0.717) is 24.6 Å². The Morgan fingerprint density at radius 3 is 2.41 bits per heavy atom. The van der Waals surface area contributed by atoms with E-state index in [4.69, 9.17) is 14.2 Å². The van der Waals surface area contributed by atoms with Gasteiger partial charge in [-0.3, -0.25) is 14.5 Å². The van der Waals surface area contributed by atoms with Crippen molar-refractivity contribution in [2.24, 2.45) is 0 Å². The standard InChI is InChI=1S/C20H28N2O5/c1-25-17-10-14-7-9-22(12-15(14)11-18(17)26-2)19(23)13-21-8-5-4-6-16(21)20(24)27-3/h10-11,16H,4-9,12-13H2,1-3H3. The van der Waals surface area contributed by atoms with E-state index in [2.05, 4.69) is 0 Å². The molecule has 1 amide bonds. The third-order valence-corrected chi connectivity index (χ3v) is 5.50.